The summed E-state index contributed by atoms with van der Waals surface area (Å²) < 4.78 is 10.3. The molecule has 7 nitrogen and oxygen atoms in total. The normalized spacial score (nSPS) is 18.0. The van der Waals surface area contributed by atoms with E-state index in [2.05, 4.69) is 15.8 Å². The molecule has 2 N–H and O–H groups in total. The van der Waals surface area contributed by atoms with E-state index in [1.807, 2.05) is 0 Å². The highest BCUT2D eigenvalue weighted by atomic mass is 16.5. The van der Waals surface area contributed by atoms with Crippen molar-refractivity contribution >= 4 is 11.8 Å². The van der Waals surface area contributed by atoms with Crippen LogP contribution < -0.4 is 10.6 Å². The maximum absolute atomic E-state index is 11.8. The summed E-state index contributed by atoms with van der Waals surface area (Å²) in [6, 6.07) is 4.77. The van der Waals surface area contributed by atoms with Crippen LogP contribution in [0.3, 0.4) is 0 Å². The lowest BCUT2D eigenvalue weighted by Gasteiger charge is -2.09. The number of carbonyl (C=O) groups is 2. The predicted molar refractivity (Wildman–Crippen MR) is 67.2 cm³/mol. The maximum Gasteiger partial charge on any atom is 0.242 e. The minimum Gasteiger partial charge on any atom is -0.461 e. The average molecular weight is 275 g/mol. The molecule has 2 amide bonds. The van der Waals surface area contributed by atoms with E-state index in [4.69, 9.17) is 8.94 Å². The van der Waals surface area contributed by atoms with Crippen molar-refractivity contribution in [2.75, 3.05) is 0 Å². The number of amides is 2. The van der Waals surface area contributed by atoms with Gasteiger partial charge in [-0.15, -0.1) is 0 Å². The zero-order valence-corrected chi connectivity index (χ0v) is 10.6. The van der Waals surface area contributed by atoms with Crippen LogP contribution in [0.1, 0.15) is 18.5 Å². The lowest BCUT2D eigenvalue weighted by Crippen LogP contribution is -2.41. The van der Waals surface area contributed by atoms with Crippen molar-refractivity contribution in [3.05, 3.63) is 30.2 Å². The molecule has 1 atom stereocenters. The first-order valence-corrected chi connectivity index (χ1v) is 6.29. The topological polar surface area (TPSA) is 97.4 Å². The number of rotatable bonds is 4. The molecular weight excluding hydrogens is 262 g/mol. The van der Waals surface area contributed by atoms with Gasteiger partial charge in [0.1, 0.15) is 11.7 Å². The number of nitrogens with zero attached hydrogens (tertiary/aromatic N) is 1. The second-order valence-electron chi connectivity index (χ2n) is 4.54. The molecule has 1 aliphatic rings. The van der Waals surface area contributed by atoms with Gasteiger partial charge in [0.15, 0.2) is 5.76 Å². The van der Waals surface area contributed by atoms with Crippen LogP contribution in [0.5, 0.6) is 0 Å². The SMILES string of the molecule is O=C1CCC(C(=O)NCc2cc(-c3ccco3)on2)N1. The Kier molecular flexibility index (Phi) is 3.24. The zero-order valence-electron chi connectivity index (χ0n) is 10.6. The number of furan rings is 1. The summed E-state index contributed by atoms with van der Waals surface area (Å²) in [5.41, 5.74) is 0.592. The Morgan fingerprint density at radius 3 is 3.10 bits per heavy atom. The van der Waals surface area contributed by atoms with Gasteiger partial charge in [-0.2, -0.15) is 0 Å². The molecule has 0 spiro atoms. The Labute approximate surface area is 114 Å². The maximum atomic E-state index is 11.8. The van der Waals surface area contributed by atoms with Crippen molar-refractivity contribution < 1.29 is 18.5 Å². The second-order valence-corrected chi connectivity index (χ2v) is 4.54. The third-order valence-corrected chi connectivity index (χ3v) is 3.08. The molecular formula is C13H13N3O4. The highest BCUT2D eigenvalue weighted by molar-refractivity contribution is 5.90. The van der Waals surface area contributed by atoms with Gasteiger partial charge in [-0.1, -0.05) is 5.16 Å². The first-order chi connectivity index (χ1) is 9.72. The molecule has 0 radical (unpaired) electrons. The minimum atomic E-state index is -0.445. The number of hydrogen-bond donors (Lipinski definition) is 2. The van der Waals surface area contributed by atoms with Crippen LogP contribution in [0.15, 0.2) is 33.4 Å². The Bertz CT molecular complexity index is 617. The fourth-order valence-electron chi connectivity index (χ4n) is 2.04. The molecule has 1 fully saturated rings. The molecule has 0 aliphatic carbocycles. The predicted octanol–water partition coefficient (Wildman–Crippen LogP) is 0.829. The fraction of sp³-hybridized carbons (Fsp3) is 0.308. The molecule has 104 valence electrons. The van der Waals surface area contributed by atoms with Crippen LogP contribution in [-0.4, -0.2) is 23.0 Å². The Hall–Kier alpha value is -2.57. The molecule has 7 heteroatoms. The van der Waals surface area contributed by atoms with Crippen LogP contribution in [0.2, 0.25) is 0 Å². The first-order valence-electron chi connectivity index (χ1n) is 6.29. The summed E-state index contributed by atoms with van der Waals surface area (Å²) in [5.74, 6) is 0.789. The number of carbonyl (C=O) groups excluding carboxylic acids is 2. The van der Waals surface area contributed by atoms with Gasteiger partial charge in [-0.3, -0.25) is 9.59 Å². The van der Waals surface area contributed by atoms with E-state index in [9.17, 15) is 9.59 Å². The van der Waals surface area contributed by atoms with Crippen LogP contribution in [0.4, 0.5) is 0 Å². The molecule has 1 saturated heterocycles. The van der Waals surface area contributed by atoms with Crippen molar-refractivity contribution in [3.8, 4) is 11.5 Å². The van der Waals surface area contributed by atoms with Crippen LogP contribution in [0, 0.1) is 0 Å². The van der Waals surface area contributed by atoms with Crippen LogP contribution >= 0.6 is 0 Å². The van der Waals surface area contributed by atoms with Gasteiger partial charge in [-0.25, -0.2) is 0 Å². The van der Waals surface area contributed by atoms with E-state index in [-0.39, 0.29) is 18.4 Å². The van der Waals surface area contributed by atoms with Gasteiger partial charge >= 0.3 is 0 Å². The summed E-state index contributed by atoms with van der Waals surface area (Å²) in [6.07, 6.45) is 2.47. The van der Waals surface area contributed by atoms with Crippen molar-refractivity contribution in [2.24, 2.45) is 0 Å². The summed E-state index contributed by atoms with van der Waals surface area (Å²) >= 11 is 0. The quantitative estimate of drug-likeness (QED) is 0.861. The summed E-state index contributed by atoms with van der Waals surface area (Å²) in [6.45, 7) is 0.245. The molecule has 1 unspecified atom stereocenters. The highest BCUT2D eigenvalue weighted by Crippen LogP contribution is 2.20. The smallest absolute Gasteiger partial charge is 0.242 e. The van der Waals surface area contributed by atoms with Gasteiger partial charge in [0.05, 0.1) is 12.8 Å². The van der Waals surface area contributed by atoms with Crippen molar-refractivity contribution in [1.82, 2.24) is 15.8 Å². The number of aromatic nitrogens is 1. The zero-order chi connectivity index (χ0) is 13.9. The van der Waals surface area contributed by atoms with E-state index in [0.717, 1.165) is 0 Å². The van der Waals surface area contributed by atoms with Crippen molar-refractivity contribution in [1.29, 1.82) is 0 Å². The van der Waals surface area contributed by atoms with Crippen LogP contribution in [-0.2, 0) is 16.1 Å². The summed E-state index contributed by atoms with van der Waals surface area (Å²) in [4.78, 5) is 22.8. The third kappa shape index (κ3) is 2.56. The Morgan fingerprint density at radius 1 is 1.50 bits per heavy atom. The van der Waals surface area contributed by atoms with Gasteiger partial charge in [0, 0.05) is 12.5 Å². The molecule has 0 saturated carbocycles. The molecule has 3 rings (SSSR count). The molecule has 20 heavy (non-hydrogen) atoms. The molecule has 1 aliphatic heterocycles. The minimum absolute atomic E-state index is 0.0910. The summed E-state index contributed by atoms with van der Waals surface area (Å²) in [7, 11) is 0. The van der Waals surface area contributed by atoms with E-state index in [1.54, 1.807) is 24.5 Å². The number of hydrogen-bond acceptors (Lipinski definition) is 5. The van der Waals surface area contributed by atoms with Crippen molar-refractivity contribution in [3.63, 3.8) is 0 Å². The molecule has 2 aromatic heterocycles. The highest BCUT2D eigenvalue weighted by Gasteiger charge is 2.26. The first kappa shape index (κ1) is 12.5. The second kappa shape index (κ2) is 5.20. The Morgan fingerprint density at radius 2 is 2.40 bits per heavy atom. The fourth-order valence-corrected chi connectivity index (χ4v) is 2.04. The average Bonchev–Trinajstić information content (AvgIpc) is 3.16. The van der Waals surface area contributed by atoms with E-state index in [1.165, 1.54) is 0 Å². The van der Waals surface area contributed by atoms with Gasteiger partial charge in [0.25, 0.3) is 0 Å². The van der Waals surface area contributed by atoms with E-state index >= 15 is 0 Å². The van der Waals surface area contributed by atoms with E-state index in [0.29, 0.717) is 30.1 Å². The molecule has 0 aromatic carbocycles. The van der Waals surface area contributed by atoms with Crippen molar-refractivity contribution in [2.45, 2.75) is 25.4 Å². The molecule has 2 aromatic rings. The lowest BCUT2D eigenvalue weighted by molar-refractivity contribution is -0.125. The standard InChI is InChI=1S/C13H13N3O4/c17-12-4-3-9(15-12)13(18)14-7-8-6-11(20-16-8)10-2-1-5-19-10/h1-2,5-6,9H,3-4,7H2,(H,14,18)(H,15,17). The van der Waals surface area contributed by atoms with Crippen LogP contribution in [0.25, 0.3) is 11.5 Å². The lowest BCUT2D eigenvalue weighted by atomic mass is 10.2. The molecule has 3 heterocycles. The Balaban J connectivity index is 1.56. The molecule has 0 bridgehead atoms. The third-order valence-electron chi connectivity index (χ3n) is 3.08. The largest absolute Gasteiger partial charge is 0.461 e. The van der Waals surface area contributed by atoms with Gasteiger partial charge < -0.3 is 19.6 Å². The monoisotopic (exact) mass is 275 g/mol. The van der Waals surface area contributed by atoms with Gasteiger partial charge in [0.2, 0.25) is 17.6 Å². The number of nitrogens with one attached hydrogen (secondary N) is 2. The van der Waals surface area contributed by atoms with Gasteiger partial charge in [-0.05, 0) is 18.6 Å². The van der Waals surface area contributed by atoms with E-state index < -0.39 is 6.04 Å². The summed E-state index contributed by atoms with van der Waals surface area (Å²) in [5, 5.41) is 9.17.